The number of hydrogen-bond donors (Lipinski definition) is 3. The number of allylic oxidation sites excluding steroid dienone is 1. The fourth-order valence-electron chi connectivity index (χ4n) is 8.42. The molecule has 4 amide bonds. The van der Waals surface area contributed by atoms with Crippen molar-refractivity contribution in [2.45, 2.75) is 133 Å². The lowest BCUT2D eigenvalue weighted by atomic mass is 9.82. The van der Waals surface area contributed by atoms with Gasteiger partial charge in [-0.15, -0.1) is 0 Å². The van der Waals surface area contributed by atoms with Gasteiger partial charge in [-0.3, -0.25) is 24.0 Å². The molecule has 4 aliphatic rings. The van der Waals surface area contributed by atoms with Gasteiger partial charge in [0.15, 0.2) is 0 Å². The minimum atomic E-state index is -4.08. The number of benzene rings is 1. The summed E-state index contributed by atoms with van der Waals surface area (Å²) in [6.45, 7) is 9.38. The maximum absolute atomic E-state index is 15.2. The molecule has 0 bridgehead atoms. The Morgan fingerprint density at radius 1 is 1.16 bits per heavy atom. The summed E-state index contributed by atoms with van der Waals surface area (Å²) in [6, 6.07) is 4.24. The van der Waals surface area contributed by atoms with E-state index in [1.807, 2.05) is 32.1 Å². The SMILES string of the molecule is CCOc1cnc(O[C@@H]2C[C@H]3C(=O)N[C@]4(C(=O)NS(=O)(=O)C5(C)CC5)C[C@H]4C=CCC[C@@H](C)C[C@@H](CC)[C@H](N(C(=O)O)C(C)(C)C(F)F)C(=O)N3C2)c2ccccc12. The molecule has 17 heteroatoms. The highest BCUT2D eigenvalue weighted by Gasteiger charge is 2.63. The van der Waals surface area contributed by atoms with Gasteiger partial charge in [-0.05, 0) is 84.1 Å². The molecule has 0 spiro atoms. The second-order valence-electron chi connectivity index (χ2n) is 17.1. The molecule has 2 aliphatic heterocycles. The van der Waals surface area contributed by atoms with E-state index >= 15 is 4.79 Å². The number of aromatic nitrogens is 1. The fourth-order valence-corrected chi connectivity index (χ4v) is 9.73. The van der Waals surface area contributed by atoms with Crippen LogP contribution in [0.3, 0.4) is 0 Å². The van der Waals surface area contributed by atoms with Crippen molar-refractivity contribution in [3.05, 3.63) is 42.6 Å². The summed E-state index contributed by atoms with van der Waals surface area (Å²) >= 11 is 0. The first-order valence-electron chi connectivity index (χ1n) is 20.1. The van der Waals surface area contributed by atoms with Gasteiger partial charge in [0, 0.05) is 23.1 Å². The first-order valence-corrected chi connectivity index (χ1v) is 21.6. The van der Waals surface area contributed by atoms with Gasteiger partial charge in [0.05, 0.1) is 24.1 Å². The normalized spacial score (nSPS) is 28.7. The third-order valence-corrected chi connectivity index (χ3v) is 14.7. The summed E-state index contributed by atoms with van der Waals surface area (Å²) in [7, 11) is -4.08. The predicted molar refractivity (Wildman–Crippen MR) is 211 cm³/mol. The summed E-state index contributed by atoms with van der Waals surface area (Å²) in [6.07, 6.45) is 1.82. The van der Waals surface area contributed by atoms with Crippen molar-refractivity contribution in [3.63, 3.8) is 0 Å². The number of sulfonamides is 1. The van der Waals surface area contributed by atoms with Crippen LogP contribution in [-0.2, 0) is 24.4 Å². The minimum Gasteiger partial charge on any atom is -0.492 e. The molecule has 0 unspecified atom stereocenters. The highest BCUT2D eigenvalue weighted by molar-refractivity contribution is 7.91. The molecule has 318 valence electrons. The fraction of sp³-hybridized carbons (Fsp3) is 0.634. The molecule has 2 aromatic rings. The van der Waals surface area contributed by atoms with Crippen molar-refractivity contribution < 1.29 is 51.0 Å². The molecular weight excluding hydrogens is 777 g/mol. The van der Waals surface area contributed by atoms with Crippen molar-refractivity contribution in [3.8, 4) is 11.6 Å². The quantitative estimate of drug-likeness (QED) is 0.239. The number of fused-ring (bicyclic) bond motifs is 3. The number of hydrogen-bond acceptors (Lipinski definition) is 9. The van der Waals surface area contributed by atoms with E-state index in [0.717, 1.165) is 13.8 Å². The lowest BCUT2D eigenvalue weighted by Gasteiger charge is -2.45. The van der Waals surface area contributed by atoms with Gasteiger partial charge in [0.2, 0.25) is 27.7 Å². The Bertz CT molecular complexity index is 2060. The van der Waals surface area contributed by atoms with Crippen LogP contribution >= 0.6 is 0 Å². The molecule has 7 atom stereocenters. The average Bonchev–Trinajstić information content (AvgIpc) is 4.05. The highest BCUT2D eigenvalue weighted by atomic mass is 32.2. The molecule has 1 aromatic carbocycles. The Balaban J connectivity index is 1.43. The minimum absolute atomic E-state index is 0.0822. The smallest absolute Gasteiger partial charge is 0.408 e. The van der Waals surface area contributed by atoms with Gasteiger partial charge in [-0.2, -0.15) is 0 Å². The largest absolute Gasteiger partial charge is 0.492 e. The first kappa shape index (κ1) is 43.0. The third kappa shape index (κ3) is 8.19. The van der Waals surface area contributed by atoms with Gasteiger partial charge in [0.25, 0.3) is 12.3 Å². The van der Waals surface area contributed by atoms with Crippen LogP contribution in [0.1, 0.15) is 92.9 Å². The molecule has 3 N–H and O–H groups in total. The predicted octanol–water partition coefficient (Wildman–Crippen LogP) is 5.65. The molecule has 3 fully saturated rings. The summed E-state index contributed by atoms with van der Waals surface area (Å²) < 4.78 is 69.3. The van der Waals surface area contributed by atoms with Crippen molar-refractivity contribution in [1.82, 2.24) is 24.8 Å². The van der Waals surface area contributed by atoms with E-state index < -0.39 is 86.1 Å². The molecule has 6 rings (SSSR count). The van der Waals surface area contributed by atoms with Crippen molar-refractivity contribution in [2.75, 3.05) is 13.2 Å². The van der Waals surface area contributed by atoms with Crippen LogP contribution in [0, 0.1) is 17.8 Å². The van der Waals surface area contributed by atoms with E-state index in [1.165, 1.54) is 11.1 Å². The number of ether oxygens (including phenoxy) is 2. The van der Waals surface area contributed by atoms with E-state index in [1.54, 1.807) is 32.1 Å². The van der Waals surface area contributed by atoms with E-state index in [2.05, 4.69) is 15.0 Å². The Hall–Kier alpha value is -4.54. The average molecular weight is 832 g/mol. The zero-order valence-corrected chi connectivity index (χ0v) is 34.7. The molecule has 1 saturated heterocycles. The standard InChI is InChI=1S/C41H55F2N5O9S/c1-7-25-19-24(3)13-9-10-14-26-21-41(26,37(51)46-58(54,55)40(6)17-18-40)45-33(49)30-20-27(57-34-29-16-12-11-15-28(29)31(22-44-34)56-8-2)23-47(30)35(50)32(25)48(38(52)53)39(4,5)36(42)43/h10-12,14-16,22,24-27,30,32,36H,7-9,13,17-21,23H2,1-6H3,(H,45,49)(H,46,51)(H,52,53)/t24-,25-,26-,27-,30+,32+,41-/m1/s1. The first-order chi connectivity index (χ1) is 27.3. The van der Waals surface area contributed by atoms with Gasteiger partial charge < -0.3 is 24.8 Å². The highest BCUT2D eigenvalue weighted by Crippen LogP contribution is 2.48. The van der Waals surface area contributed by atoms with Crippen molar-refractivity contribution in [2.24, 2.45) is 17.8 Å². The van der Waals surface area contributed by atoms with Gasteiger partial charge in [0.1, 0.15) is 35.0 Å². The Kier molecular flexibility index (Phi) is 12.1. The molecule has 3 heterocycles. The number of rotatable bonds is 11. The topological polar surface area (TPSA) is 185 Å². The second-order valence-corrected chi connectivity index (χ2v) is 19.3. The lowest BCUT2D eigenvalue weighted by Crippen LogP contribution is -2.65. The molecule has 58 heavy (non-hydrogen) atoms. The van der Waals surface area contributed by atoms with E-state index in [4.69, 9.17) is 9.47 Å². The molecule has 1 aromatic heterocycles. The maximum atomic E-state index is 15.2. The zero-order valence-electron chi connectivity index (χ0n) is 33.9. The van der Waals surface area contributed by atoms with Crippen LogP contribution in [0.2, 0.25) is 0 Å². The number of amides is 4. The van der Waals surface area contributed by atoms with Crippen molar-refractivity contribution >= 4 is 44.6 Å². The Morgan fingerprint density at radius 3 is 2.47 bits per heavy atom. The van der Waals surface area contributed by atoms with Crippen LogP contribution in [0.15, 0.2) is 42.6 Å². The van der Waals surface area contributed by atoms with Crippen LogP contribution in [0.5, 0.6) is 11.6 Å². The number of carbonyl (C=O) groups is 4. The van der Waals surface area contributed by atoms with Crippen LogP contribution in [0.4, 0.5) is 13.6 Å². The third-order valence-electron chi connectivity index (χ3n) is 12.5. The number of alkyl halides is 2. The number of nitrogens with one attached hydrogen (secondary N) is 2. The Morgan fingerprint density at radius 2 is 1.84 bits per heavy atom. The van der Waals surface area contributed by atoms with E-state index in [0.29, 0.717) is 60.1 Å². The second kappa shape index (κ2) is 16.3. The van der Waals surface area contributed by atoms with E-state index in [-0.39, 0.29) is 37.6 Å². The summed E-state index contributed by atoms with van der Waals surface area (Å²) in [4.78, 5) is 63.1. The molecule has 14 nitrogen and oxygen atoms in total. The molecule has 2 saturated carbocycles. The maximum Gasteiger partial charge on any atom is 0.408 e. The number of carboxylic acid groups (broad SMARTS) is 1. The molecule has 0 radical (unpaired) electrons. The summed E-state index contributed by atoms with van der Waals surface area (Å²) in [5.41, 5.74) is -3.96. The van der Waals surface area contributed by atoms with Crippen LogP contribution in [-0.4, -0.2) is 106 Å². The number of halogens is 2. The molecular formula is C41H55F2N5O9S. The van der Waals surface area contributed by atoms with Crippen LogP contribution < -0.4 is 19.5 Å². The van der Waals surface area contributed by atoms with Gasteiger partial charge in [-0.25, -0.2) is 27.0 Å². The monoisotopic (exact) mass is 831 g/mol. The number of pyridine rings is 1. The van der Waals surface area contributed by atoms with E-state index in [9.17, 15) is 36.7 Å². The van der Waals surface area contributed by atoms with Gasteiger partial charge in [-0.1, -0.05) is 50.6 Å². The Labute approximate surface area is 338 Å². The number of nitrogens with zero attached hydrogens (tertiary/aromatic N) is 3. The lowest BCUT2D eigenvalue weighted by molar-refractivity contribution is -0.149. The molecule has 2 aliphatic carbocycles. The number of carbonyl (C=O) groups excluding carboxylic acids is 3. The van der Waals surface area contributed by atoms with Crippen molar-refractivity contribution in [1.29, 1.82) is 0 Å². The zero-order chi connectivity index (χ0) is 42.4. The summed E-state index contributed by atoms with van der Waals surface area (Å²) in [5.74, 6) is -3.19. The van der Waals surface area contributed by atoms with Crippen LogP contribution in [0.25, 0.3) is 10.8 Å². The van der Waals surface area contributed by atoms with Gasteiger partial charge >= 0.3 is 6.09 Å². The summed E-state index contributed by atoms with van der Waals surface area (Å²) in [5, 5.41) is 14.7.